The zero-order valence-electron chi connectivity index (χ0n) is 9.29. The van der Waals surface area contributed by atoms with E-state index in [0.717, 1.165) is 21.9 Å². The molecule has 2 aromatic heterocycles. The standard InChI is InChI=1S/C11H11N5S/c1-7-13-8-4-2-3-5-9(8)16(7)6-10-14-15-11(12)17-10/h2-5H,6H2,1H3,(H2,12,15). The molecule has 0 unspecified atom stereocenters. The first-order valence-electron chi connectivity index (χ1n) is 5.24. The Bertz CT molecular complexity index is 669. The van der Waals surface area contributed by atoms with Gasteiger partial charge in [-0.1, -0.05) is 23.5 Å². The fourth-order valence-corrected chi connectivity index (χ4v) is 2.46. The minimum absolute atomic E-state index is 0.502. The Balaban J connectivity index is 2.08. The molecule has 0 fully saturated rings. The summed E-state index contributed by atoms with van der Waals surface area (Å²) in [7, 11) is 0. The van der Waals surface area contributed by atoms with Crippen LogP contribution in [0.25, 0.3) is 11.0 Å². The summed E-state index contributed by atoms with van der Waals surface area (Å²) in [6, 6.07) is 8.06. The maximum atomic E-state index is 5.58. The number of aromatic nitrogens is 4. The molecule has 3 aromatic rings. The number of benzene rings is 1. The summed E-state index contributed by atoms with van der Waals surface area (Å²) in [4.78, 5) is 4.50. The number of hydrogen-bond donors (Lipinski definition) is 1. The summed E-state index contributed by atoms with van der Waals surface area (Å²) in [6.45, 7) is 2.66. The minimum Gasteiger partial charge on any atom is -0.374 e. The van der Waals surface area contributed by atoms with Crippen LogP contribution in [-0.2, 0) is 6.54 Å². The third-order valence-corrected chi connectivity index (χ3v) is 3.36. The summed E-state index contributed by atoms with van der Waals surface area (Å²) in [5.41, 5.74) is 7.69. The molecule has 0 aliphatic heterocycles. The lowest BCUT2D eigenvalue weighted by Gasteiger charge is -2.02. The van der Waals surface area contributed by atoms with E-state index in [1.165, 1.54) is 11.3 Å². The van der Waals surface area contributed by atoms with E-state index in [4.69, 9.17) is 5.73 Å². The van der Waals surface area contributed by atoms with Crippen LogP contribution < -0.4 is 5.73 Å². The second-order valence-corrected chi connectivity index (χ2v) is 4.86. The van der Waals surface area contributed by atoms with Crippen molar-refractivity contribution in [2.75, 3.05) is 5.73 Å². The molecule has 86 valence electrons. The summed E-state index contributed by atoms with van der Waals surface area (Å²) in [6.07, 6.45) is 0. The van der Waals surface area contributed by atoms with Gasteiger partial charge >= 0.3 is 0 Å². The van der Waals surface area contributed by atoms with E-state index >= 15 is 0 Å². The number of rotatable bonds is 2. The van der Waals surface area contributed by atoms with Crippen molar-refractivity contribution < 1.29 is 0 Å². The predicted octanol–water partition coefficient (Wildman–Crippen LogP) is 1.83. The number of nitrogens with two attached hydrogens (primary N) is 1. The minimum atomic E-state index is 0.502. The largest absolute Gasteiger partial charge is 0.374 e. The molecule has 5 nitrogen and oxygen atoms in total. The molecule has 0 bridgehead atoms. The molecule has 2 heterocycles. The van der Waals surface area contributed by atoms with Gasteiger partial charge in [0.2, 0.25) is 5.13 Å². The van der Waals surface area contributed by atoms with Crippen LogP contribution in [0, 0.1) is 6.92 Å². The van der Waals surface area contributed by atoms with Crippen molar-refractivity contribution in [3.05, 3.63) is 35.1 Å². The highest BCUT2D eigenvalue weighted by Crippen LogP contribution is 2.19. The molecule has 3 rings (SSSR count). The van der Waals surface area contributed by atoms with Gasteiger partial charge in [-0.05, 0) is 19.1 Å². The Hall–Kier alpha value is -1.95. The number of imidazole rings is 1. The van der Waals surface area contributed by atoms with Crippen LogP contribution in [0.15, 0.2) is 24.3 Å². The lowest BCUT2D eigenvalue weighted by atomic mass is 10.3. The van der Waals surface area contributed by atoms with Crippen LogP contribution >= 0.6 is 11.3 Å². The maximum absolute atomic E-state index is 5.58. The maximum Gasteiger partial charge on any atom is 0.203 e. The van der Waals surface area contributed by atoms with Crippen molar-refractivity contribution in [2.24, 2.45) is 0 Å². The van der Waals surface area contributed by atoms with Crippen molar-refractivity contribution in [3.63, 3.8) is 0 Å². The normalized spacial score (nSPS) is 11.1. The zero-order valence-corrected chi connectivity index (χ0v) is 10.1. The van der Waals surface area contributed by atoms with Crippen molar-refractivity contribution >= 4 is 27.5 Å². The van der Waals surface area contributed by atoms with Crippen molar-refractivity contribution in [3.8, 4) is 0 Å². The number of para-hydroxylation sites is 2. The Labute approximate surface area is 102 Å². The van der Waals surface area contributed by atoms with Crippen LogP contribution in [0.3, 0.4) is 0 Å². The highest BCUT2D eigenvalue weighted by molar-refractivity contribution is 7.15. The van der Waals surface area contributed by atoms with Crippen molar-refractivity contribution in [1.82, 2.24) is 19.7 Å². The second-order valence-electron chi connectivity index (χ2n) is 3.77. The van der Waals surface area contributed by atoms with Gasteiger partial charge in [-0.25, -0.2) is 4.98 Å². The first-order chi connectivity index (χ1) is 8.24. The van der Waals surface area contributed by atoms with E-state index in [0.29, 0.717) is 11.7 Å². The van der Waals surface area contributed by atoms with Gasteiger partial charge in [-0.3, -0.25) is 0 Å². The highest BCUT2D eigenvalue weighted by Gasteiger charge is 2.09. The summed E-state index contributed by atoms with van der Waals surface area (Å²) in [5.74, 6) is 0.972. The van der Waals surface area contributed by atoms with E-state index < -0.39 is 0 Å². The molecule has 0 atom stereocenters. The Morgan fingerprint density at radius 2 is 2.12 bits per heavy atom. The molecular weight excluding hydrogens is 234 g/mol. The third kappa shape index (κ3) is 1.76. The molecule has 0 spiro atoms. The Morgan fingerprint density at radius 1 is 1.29 bits per heavy atom. The van der Waals surface area contributed by atoms with Crippen LogP contribution in [0.5, 0.6) is 0 Å². The SMILES string of the molecule is Cc1nc2ccccc2n1Cc1nnc(N)s1. The fraction of sp³-hybridized carbons (Fsp3) is 0.182. The molecule has 17 heavy (non-hydrogen) atoms. The van der Waals surface area contributed by atoms with Crippen LogP contribution in [0.2, 0.25) is 0 Å². The van der Waals surface area contributed by atoms with Gasteiger partial charge in [0.25, 0.3) is 0 Å². The summed E-state index contributed by atoms with van der Waals surface area (Å²) >= 11 is 1.41. The zero-order chi connectivity index (χ0) is 11.8. The number of fused-ring (bicyclic) bond motifs is 1. The topological polar surface area (TPSA) is 69.6 Å². The van der Waals surface area contributed by atoms with Crippen LogP contribution in [-0.4, -0.2) is 19.7 Å². The van der Waals surface area contributed by atoms with Gasteiger partial charge < -0.3 is 10.3 Å². The third-order valence-electron chi connectivity index (χ3n) is 2.62. The molecule has 0 radical (unpaired) electrons. The molecular formula is C11H11N5S. The molecule has 0 aliphatic carbocycles. The molecule has 1 aromatic carbocycles. The smallest absolute Gasteiger partial charge is 0.203 e. The molecule has 2 N–H and O–H groups in total. The highest BCUT2D eigenvalue weighted by atomic mass is 32.1. The molecule has 0 amide bonds. The van der Waals surface area contributed by atoms with Gasteiger partial charge in [-0.15, -0.1) is 10.2 Å². The first kappa shape index (κ1) is 10.2. The lowest BCUT2D eigenvalue weighted by molar-refractivity contribution is 0.768. The average Bonchev–Trinajstić information content (AvgIpc) is 2.85. The van der Waals surface area contributed by atoms with Gasteiger partial charge in [0, 0.05) is 0 Å². The van der Waals surface area contributed by atoms with Crippen LogP contribution in [0.1, 0.15) is 10.8 Å². The first-order valence-corrected chi connectivity index (χ1v) is 6.05. The monoisotopic (exact) mass is 245 g/mol. The van der Waals surface area contributed by atoms with E-state index in [9.17, 15) is 0 Å². The second kappa shape index (κ2) is 3.81. The van der Waals surface area contributed by atoms with E-state index in [-0.39, 0.29) is 0 Å². The fourth-order valence-electron chi connectivity index (χ4n) is 1.86. The van der Waals surface area contributed by atoms with Gasteiger partial charge in [0.15, 0.2) is 0 Å². The van der Waals surface area contributed by atoms with E-state index in [1.807, 2.05) is 25.1 Å². The summed E-state index contributed by atoms with van der Waals surface area (Å²) in [5, 5.41) is 9.25. The van der Waals surface area contributed by atoms with E-state index in [1.54, 1.807) is 0 Å². The quantitative estimate of drug-likeness (QED) is 0.747. The molecule has 0 aliphatic rings. The Kier molecular flexibility index (Phi) is 2.29. The van der Waals surface area contributed by atoms with E-state index in [2.05, 4.69) is 25.8 Å². The lowest BCUT2D eigenvalue weighted by Crippen LogP contribution is -2.01. The summed E-state index contributed by atoms with van der Waals surface area (Å²) < 4.78 is 2.12. The predicted molar refractivity (Wildman–Crippen MR) is 67.9 cm³/mol. The van der Waals surface area contributed by atoms with Crippen molar-refractivity contribution in [1.29, 1.82) is 0 Å². The van der Waals surface area contributed by atoms with Gasteiger partial charge in [0.05, 0.1) is 17.6 Å². The van der Waals surface area contributed by atoms with Crippen LogP contribution in [0.4, 0.5) is 5.13 Å². The number of aryl methyl sites for hydroxylation is 1. The molecule has 6 heteroatoms. The molecule has 0 saturated heterocycles. The van der Waals surface area contributed by atoms with Gasteiger partial charge in [-0.2, -0.15) is 0 Å². The van der Waals surface area contributed by atoms with Gasteiger partial charge in [0.1, 0.15) is 10.8 Å². The average molecular weight is 245 g/mol. The Morgan fingerprint density at radius 3 is 2.88 bits per heavy atom. The van der Waals surface area contributed by atoms with Crippen molar-refractivity contribution in [2.45, 2.75) is 13.5 Å². The number of nitrogen functional groups attached to an aromatic ring is 1. The number of nitrogens with zero attached hydrogens (tertiary/aromatic N) is 4. The number of hydrogen-bond acceptors (Lipinski definition) is 5. The number of anilines is 1. The molecule has 0 saturated carbocycles.